The quantitative estimate of drug-likeness (QED) is 0.466. The lowest BCUT2D eigenvalue weighted by atomic mass is 9.97. The van der Waals surface area contributed by atoms with Crippen molar-refractivity contribution in [1.82, 2.24) is 9.97 Å². The fraction of sp³-hybridized carbons (Fsp3) is 0.333. The molecule has 3 rings (SSSR count). The molecule has 0 saturated heterocycles. The highest BCUT2D eigenvalue weighted by Gasteiger charge is 2.38. The molecule has 31 heavy (non-hydrogen) atoms. The van der Waals surface area contributed by atoms with Gasteiger partial charge in [-0.05, 0) is 42.2 Å². The number of benzene rings is 1. The number of halogens is 3. The molecule has 0 aliphatic rings. The predicted octanol–water partition coefficient (Wildman–Crippen LogP) is 5.93. The monoisotopic (exact) mass is 429 g/mol. The summed E-state index contributed by atoms with van der Waals surface area (Å²) in [6, 6.07) is 12.8. The van der Waals surface area contributed by atoms with Crippen molar-refractivity contribution in [1.29, 1.82) is 0 Å². The Morgan fingerprint density at radius 1 is 1.03 bits per heavy atom. The van der Waals surface area contributed by atoms with Crippen LogP contribution in [0.4, 0.5) is 19.0 Å². The average molecular weight is 429 g/mol. The zero-order chi connectivity index (χ0) is 22.6. The average Bonchev–Trinajstić information content (AvgIpc) is 2.78. The van der Waals surface area contributed by atoms with Crippen molar-refractivity contribution in [3.8, 4) is 17.0 Å². The van der Waals surface area contributed by atoms with Crippen LogP contribution in [-0.2, 0) is 25.6 Å². The van der Waals surface area contributed by atoms with E-state index in [9.17, 15) is 13.2 Å². The molecule has 7 heteroatoms. The summed E-state index contributed by atoms with van der Waals surface area (Å²) in [5, 5.41) is 0. The normalized spacial score (nSPS) is 11.5. The summed E-state index contributed by atoms with van der Waals surface area (Å²) in [6.45, 7) is 3.94. The molecule has 0 spiro atoms. The van der Waals surface area contributed by atoms with Crippen LogP contribution in [0.2, 0.25) is 0 Å². The van der Waals surface area contributed by atoms with Crippen molar-refractivity contribution >= 4 is 5.82 Å². The number of ether oxygens (including phenoxy) is 1. The van der Waals surface area contributed by atoms with Crippen LogP contribution in [0, 0.1) is 0 Å². The number of rotatable bonds is 7. The SMILES string of the molecule is CCc1ccc(CC)c(-c2cc(OC)c(CN(C)c3ccccn3)c(C(F)(F)F)n2)c1. The molecular weight excluding hydrogens is 403 g/mol. The van der Waals surface area contributed by atoms with E-state index < -0.39 is 11.9 Å². The lowest BCUT2D eigenvalue weighted by Crippen LogP contribution is -2.22. The van der Waals surface area contributed by atoms with Crippen LogP contribution < -0.4 is 9.64 Å². The zero-order valence-corrected chi connectivity index (χ0v) is 18.1. The van der Waals surface area contributed by atoms with Crippen LogP contribution in [0.15, 0.2) is 48.7 Å². The number of methoxy groups -OCH3 is 1. The standard InChI is InChI=1S/C24H26F3N3O/c1-5-16-10-11-17(6-2)18(13-16)20-14-21(31-4)19(23(29-20)24(25,26)27)15-30(3)22-9-7-8-12-28-22/h7-14H,5-6,15H2,1-4H3. The molecule has 0 radical (unpaired) electrons. The first-order chi connectivity index (χ1) is 14.8. The first-order valence-corrected chi connectivity index (χ1v) is 10.2. The highest BCUT2D eigenvalue weighted by molar-refractivity contribution is 5.67. The molecule has 0 bridgehead atoms. The van der Waals surface area contributed by atoms with Crippen LogP contribution in [0.25, 0.3) is 11.3 Å². The minimum atomic E-state index is -4.63. The van der Waals surface area contributed by atoms with Crippen molar-refractivity contribution in [3.05, 3.63) is 71.0 Å². The largest absolute Gasteiger partial charge is 0.496 e. The van der Waals surface area contributed by atoms with E-state index in [4.69, 9.17) is 4.74 Å². The maximum absolute atomic E-state index is 14.1. The number of hydrogen-bond donors (Lipinski definition) is 0. The molecule has 164 valence electrons. The van der Waals surface area contributed by atoms with Crippen LogP contribution in [0.3, 0.4) is 0 Å². The molecule has 0 fully saturated rings. The molecule has 0 unspecified atom stereocenters. The number of anilines is 1. The second-order valence-corrected chi connectivity index (χ2v) is 7.28. The number of hydrogen-bond acceptors (Lipinski definition) is 4. The smallest absolute Gasteiger partial charge is 0.433 e. The molecule has 0 atom stereocenters. The molecule has 3 aromatic rings. The maximum Gasteiger partial charge on any atom is 0.433 e. The highest BCUT2D eigenvalue weighted by atomic mass is 19.4. The van der Waals surface area contributed by atoms with Gasteiger partial charge in [-0.25, -0.2) is 9.97 Å². The third-order valence-corrected chi connectivity index (χ3v) is 5.25. The summed E-state index contributed by atoms with van der Waals surface area (Å²) in [5.74, 6) is 0.717. The second kappa shape index (κ2) is 9.37. The van der Waals surface area contributed by atoms with Gasteiger partial charge in [-0.1, -0.05) is 32.0 Å². The van der Waals surface area contributed by atoms with E-state index in [2.05, 4.69) is 9.97 Å². The Morgan fingerprint density at radius 3 is 2.39 bits per heavy atom. The third-order valence-electron chi connectivity index (χ3n) is 5.25. The van der Waals surface area contributed by atoms with Gasteiger partial charge in [-0.3, -0.25) is 0 Å². The van der Waals surface area contributed by atoms with E-state index in [1.165, 1.54) is 7.11 Å². The van der Waals surface area contributed by atoms with Crippen molar-refractivity contribution in [2.45, 2.75) is 39.4 Å². The first-order valence-electron chi connectivity index (χ1n) is 10.2. The summed E-state index contributed by atoms with van der Waals surface area (Å²) < 4.78 is 47.7. The number of nitrogens with zero attached hydrogens (tertiary/aromatic N) is 3. The Morgan fingerprint density at radius 2 is 1.81 bits per heavy atom. The highest BCUT2D eigenvalue weighted by Crippen LogP contribution is 2.39. The minimum absolute atomic E-state index is 0.0170. The van der Waals surface area contributed by atoms with Gasteiger partial charge in [0.25, 0.3) is 0 Å². The Kier molecular flexibility index (Phi) is 6.83. The second-order valence-electron chi connectivity index (χ2n) is 7.28. The van der Waals surface area contributed by atoms with Gasteiger partial charge >= 0.3 is 6.18 Å². The van der Waals surface area contributed by atoms with Gasteiger partial charge in [0.05, 0.1) is 12.8 Å². The van der Waals surface area contributed by atoms with E-state index >= 15 is 0 Å². The number of aryl methyl sites for hydroxylation is 2. The van der Waals surface area contributed by atoms with Gasteiger partial charge in [0.2, 0.25) is 0 Å². The predicted molar refractivity (Wildman–Crippen MR) is 116 cm³/mol. The topological polar surface area (TPSA) is 38.2 Å². The summed E-state index contributed by atoms with van der Waals surface area (Å²) >= 11 is 0. The Bertz CT molecular complexity index is 1040. The van der Waals surface area contributed by atoms with Crippen molar-refractivity contribution in [2.75, 3.05) is 19.1 Å². The van der Waals surface area contributed by atoms with E-state index in [1.54, 1.807) is 42.4 Å². The fourth-order valence-corrected chi connectivity index (χ4v) is 3.54. The number of alkyl halides is 3. The Labute approximate surface area is 180 Å². The van der Waals surface area contributed by atoms with Crippen LogP contribution in [0.1, 0.15) is 36.2 Å². The maximum atomic E-state index is 14.1. The molecule has 0 aliphatic heterocycles. The van der Waals surface area contributed by atoms with Crippen molar-refractivity contribution in [3.63, 3.8) is 0 Å². The molecule has 0 N–H and O–H groups in total. The molecule has 0 aliphatic carbocycles. The molecular formula is C24H26F3N3O. The molecule has 2 aromatic heterocycles. The summed E-state index contributed by atoms with van der Waals surface area (Å²) in [6.07, 6.45) is -1.55. The summed E-state index contributed by atoms with van der Waals surface area (Å²) in [5.41, 5.74) is 2.00. The van der Waals surface area contributed by atoms with Gasteiger partial charge < -0.3 is 9.64 Å². The van der Waals surface area contributed by atoms with Crippen LogP contribution in [-0.4, -0.2) is 24.1 Å². The van der Waals surface area contributed by atoms with E-state index in [0.29, 0.717) is 17.8 Å². The summed E-state index contributed by atoms with van der Waals surface area (Å²) in [7, 11) is 3.07. The zero-order valence-electron chi connectivity index (χ0n) is 18.1. The lowest BCUT2D eigenvalue weighted by Gasteiger charge is -2.23. The fourth-order valence-electron chi connectivity index (χ4n) is 3.54. The van der Waals surface area contributed by atoms with Gasteiger partial charge in [-0.2, -0.15) is 13.2 Å². The third kappa shape index (κ3) is 4.98. The van der Waals surface area contributed by atoms with E-state index in [1.807, 2.05) is 32.0 Å². The van der Waals surface area contributed by atoms with Gasteiger partial charge in [-0.15, -0.1) is 0 Å². The Hall–Kier alpha value is -3.09. The Balaban J connectivity index is 2.16. The molecule has 2 heterocycles. The van der Waals surface area contributed by atoms with Crippen molar-refractivity contribution < 1.29 is 17.9 Å². The van der Waals surface area contributed by atoms with E-state index in [0.717, 1.165) is 17.5 Å². The summed E-state index contributed by atoms with van der Waals surface area (Å²) in [4.78, 5) is 9.96. The first kappa shape index (κ1) is 22.6. The number of pyridine rings is 2. The van der Waals surface area contributed by atoms with Gasteiger partial charge in [0, 0.05) is 37.0 Å². The van der Waals surface area contributed by atoms with Gasteiger partial charge in [0.15, 0.2) is 5.69 Å². The van der Waals surface area contributed by atoms with Crippen LogP contribution in [0.5, 0.6) is 5.75 Å². The van der Waals surface area contributed by atoms with Crippen molar-refractivity contribution in [2.24, 2.45) is 0 Å². The molecule has 0 amide bonds. The molecule has 1 aromatic carbocycles. The lowest BCUT2D eigenvalue weighted by molar-refractivity contribution is -0.141. The number of aromatic nitrogens is 2. The van der Waals surface area contributed by atoms with Gasteiger partial charge in [0.1, 0.15) is 11.6 Å². The van der Waals surface area contributed by atoms with E-state index in [-0.39, 0.29) is 23.6 Å². The minimum Gasteiger partial charge on any atom is -0.496 e. The molecule has 4 nitrogen and oxygen atoms in total. The van der Waals surface area contributed by atoms with Crippen LogP contribution >= 0.6 is 0 Å². The molecule has 0 saturated carbocycles.